The predicted octanol–water partition coefficient (Wildman–Crippen LogP) is 2.50. The van der Waals surface area contributed by atoms with Crippen molar-refractivity contribution in [1.29, 1.82) is 0 Å². The Labute approximate surface area is 148 Å². The summed E-state index contributed by atoms with van der Waals surface area (Å²) in [5.74, 6) is 0.867. The SMILES string of the molecule is CCNC(=NCc1nc(C)c(C)s1)N1CCC(C(=O)OCC)CC1. The first-order valence-corrected chi connectivity index (χ1v) is 9.49. The molecule has 0 aromatic carbocycles. The molecule has 1 fully saturated rings. The van der Waals surface area contributed by atoms with Gasteiger partial charge in [-0.1, -0.05) is 0 Å². The van der Waals surface area contributed by atoms with Crippen LogP contribution in [0.2, 0.25) is 0 Å². The third-order valence-corrected chi connectivity index (χ3v) is 5.24. The van der Waals surface area contributed by atoms with E-state index in [1.54, 1.807) is 11.3 Å². The number of aryl methyl sites for hydroxylation is 2. The molecule has 1 aliphatic heterocycles. The standard InChI is InChI=1S/C17H28N4O2S/c1-5-18-17(19-11-15-20-12(3)13(4)24-15)21-9-7-14(8-10-21)16(22)23-6-2/h14H,5-11H2,1-4H3,(H,18,19). The fourth-order valence-electron chi connectivity index (χ4n) is 2.76. The summed E-state index contributed by atoms with van der Waals surface area (Å²) in [6.45, 7) is 11.6. The molecule has 6 nitrogen and oxygen atoms in total. The Morgan fingerprint density at radius 2 is 2.08 bits per heavy atom. The Kier molecular flexibility index (Phi) is 7.02. The molecule has 7 heteroatoms. The van der Waals surface area contributed by atoms with E-state index < -0.39 is 0 Å². The van der Waals surface area contributed by atoms with Crippen LogP contribution in [-0.4, -0.2) is 48.1 Å². The van der Waals surface area contributed by atoms with Crippen molar-refractivity contribution in [2.75, 3.05) is 26.2 Å². The van der Waals surface area contributed by atoms with Crippen molar-refractivity contribution >= 4 is 23.3 Å². The van der Waals surface area contributed by atoms with Gasteiger partial charge in [-0.3, -0.25) is 4.79 Å². The maximum Gasteiger partial charge on any atom is 0.309 e. The topological polar surface area (TPSA) is 66.8 Å². The number of aromatic nitrogens is 1. The zero-order chi connectivity index (χ0) is 17.5. The van der Waals surface area contributed by atoms with E-state index in [1.165, 1.54) is 4.88 Å². The fourth-order valence-corrected chi connectivity index (χ4v) is 3.62. The number of likely N-dealkylation sites (tertiary alicyclic amines) is 1. The van der Waals surface area contributed by atoms with Crippen LogP contribution in [0.5, 0.6) is 0 Å². The van der Waals surface area contributed by atoms with E-state index >= 15 is 0 Å². The molecule has 0 spiro atoms. The Morgan fingerprint density at radius 3 is 2.62 bits per heavy atom. The Hall–Kier alpha value is -1.63. The second-order valence-electron chi connectivity index (χ2n) is 5.93. The second kappa shape index (κ2) is 9.01. The number of piperidine rings is 1. The molecule has 1 aliphatic rings. The van der Waals surface area contributed by atoms with Crippen LogP contribution in [0.4, 0.5) is 0 Å². The van der Waals surface area contributed by atoms with Crippen LogP contribution >= 0.6 is 11.3 Å². The molecule has 0 unspecified atom stereocenters. The Bertz CT molecular complexity index is 558. The molecule has 0 amide bonds. The maximum atomic E-state index is 11.9. The van der Waals surface area contributed by atoms with Gasteiger partial charge >= 0.3 is 5.97 Å². The van der Waals surface area contributed by atoms with Gasteiger partial charge in [0.25, 0.3) is 0 Å². The fraction of sp³-hybridized carbons (Fsp3) is 0.706. The average molecular weight is 353 g/mol. The van der Waals surface area contributed by atoms with Crippen molar-refractivity contribution in [2.24, 2.45) is 10.9 Å². The lowest BCUT2D eigenvalue weighted by Gasteiger charge is -2.33. The smallest absolute Gasteiger partial charge is 0.309 e. The highest BCUT2D eigenvalue weighted by Gasteiger charge is 2.27. The molecule has 0 aliphatic carbocycles. The molecule has 0 atom stereocenters. The van der Waals surface area contributed by atoms with Crippen LogP contribution in [0.25, 0.3) is 0 Å². The first-order valence-electron chi connectivity index (χ1n) is 8.67. The Morgan fingerprint density at radius 1 is 1.38 bits per heavy atom. The molecule has 134 valence electrons. The Balaban J connectivity index is 1.95. The van der Waals surface area contributed by atoms with Gasteiger partial charge in [-0.05, 0) is 40.5 Å². The molecule has 0 radical (unpaired) electrons. The minimum Gasteiger partial charge on any atom is -0.466 e. The van der Waals surface area contributed by atoms with Crippen LogP contribution in [0.1, 0.15) is 42.3 Å². The lowest BCUT2D eigenvalue weighted by atomic mass is 9.97. The van der Waals surface area contributed by atoms with Gasteiger partial charge in [-0.15, -0.1) is 11.3 Å². The molecule has 2 heterocycles. The van der Waals surface area contributed by atoms with Crippen LogP contribution < -0.4 is 5.32 Å². The normalized spacial score (nSPS) is 16.3. The summed E-state index contributed by atoms with van der Waals surface area (Å²) in [6, 6.07) is 0. The molecule has 1 aromatic rings. The third kappa shape index (κ3) is 4.93. The van der Waals surface area contributed by atoms with Crippen molar-refractivity contribution in [3.8, 4) is 0 Å². The highest BCUT2D eigenvalue weighted by Crippen LogP contribution is 2.20. The highest BCUT2D eigenvalue weighted by molar-refractivity contribution is 7.11. The number of aliphatic imine (C=N–C) groups is 1. The molecule has 24 heavy (non-hydrogen) atoms. The van der Waals surface area contributed by atoms with Gasteiger partial charge in [0.05, 0.1) is 24.8 Å². The summed E-state index contributed by atoms with van der Waals surface area (Å²) in [7, 11) is 0. The predicted molar refractivity (Wildman–Crippen MR) is 97.3 cm³/mol. The van der Waals surface area contributed by atoms with E-state index in [0.29, 0.717) is 13.2 Å². The molecule has 0 saturated carbocycles. The van der Waals surface area contributed by atoms with Gasteiger partial charge in [0, 0.05) is 24.5 Å². The number of carbonyl (C=O) groups excluding carboxylic acids is 1. The van der Waals surface area contributed by atoms with Gasteiger partial charge in [-0.25, -0.2) is 9.98 Å². The largest absolute Gasteiger partial charge is 0.466 e. The summed E-state index contributed by atoms with van der Waals surface area (Å²) >= 11 is 1.71. The van der Waals surface area contributed by atoms with Gasteiger partial charge in [-0.2, -0.15) is 0 Å². The molecule has 1 aromatic heterocycles. The average Bonchev–Trinajstić information content (AvgIpc) is 2.90. The number of nitrogens with zero attached hydrogens (tertiary/aromatic N) is 3. The van der Waals surface area contributed by atoms with E-state index in [-0.39, 0.29) is 11.9 Å². The second-order valence-corrected chi connectivity index (χ2v) is 7.22. The summed E-state index contributed by atoms with van der Waals surface area (Å²) in [6.07, 6.45) is 1.64. The van der Waals surface area contributed by atoms with E-state index in [0.717, 1.165) is 49.1 Å². The van der Waals surface area contributed by atoms with Crippen molar-refractivity contribution < 1.29 is 9.53 Å². The lowest BCUT2D eigenvalue weighted by Crippen LogP contribution is -2.46. The zero-order valence-electron chi connectivity index (χ0n) is 15.1. The van der Waals surface area contributed by atoms with E-state index in [9.17, 15) is 4.79 Å². The molecular weight excluding hydrogens is 324 g/mol. The minimum atomic E-state index is -0.0622. The van der Waals surface area contributed by atoms with E-state index in [2.05, 4.69) is 29.0 Å². The number of hydrogen-bond acceptors (Lipinski definition) is 5. The number of carbonyl (C=O) groups is 1. The molecular formula is C17H28N4O2S. The number of ether oxygens (including phenoxy) is 1. The quantitative estimate of drug-likeness (QED) is 0.501. The van der Waals surface area contributed by atoms with Crippen LogP contribution in [0.3, 0.4) is 0 Å². The monoisotopic (exact) mass is 352 g/mol. The summed E-state index contributed by atoms with van der Waals surface area (Å²) in [4.78, 5) is 24.6. The number of esters is 1. The number of thiazole rings is 1. The number of hydrogen-bond donors (Lipinski definition) is 1. The van der Waals surface area contributed by atoms with Crippen molar-refractivity contribution in [3.63, 3.8) is 0 Å². The van der Waals surface area contributed by atoms with Crippen LogP contribution in [-0.2, 0) is 16.1 Å². The van der Waals surface area contributed by atoms with Gasteiger partial charge < -0.3 is 15.0 Å². The molecule has 0 bridgehead atoms. The molecule has 1 saturated heterocycles. The highest BCUT2D eigenvalue weighted by atomic mass is 32.1. The van der Waals surface area contributed by atoms with Gasteiger partial charge in [0.15, 0.2) is 5.96 Å². The zero-order valence-corrected chi connectivity index (χ0v) is 15.9. The van der Waals surface area contributed by atoms with E-state index in [4.69, 9.17) is 9.73 Å². The molecule has 1 N–H and O–H groups in total. The summed E-state index contributed by atoms with van der Waals surface area (Å²) in [5, 5.41) is 4.39. The number of guanidine groups is 1. The van der Waals surface area contributed by atoms with Crippen LogP contribution in [0, 0.1) is 19.8 Å². The van der Waals surface area contributed by atoms with Crippen molar-refractivity contribution in [1.82, 2.24) is 15.2 Å². The van der Waals surface area contributed by atoms with Crippen molar-refractivity contribution in [3.05, 3.63) is 15.6 Å². The maximum absolute atomic E-state index is 11.9. The third-order valence-electron chi connectivity index (χ3n) is 4.19. The number of nitrogens with one attached hydrogen (secondary N) is 1. The van der Waals surface area contributed by atoms with Crippen LogP contribution in [0.15, 0.2) is 4.99 Å². The van der Waals surface area contributed by atoms with Gasteiger partial charge in [0.1, 0.15) is 5.01 Å². The lowest BCUT2D eigenvalue weighted by molar-refractivity contribution is -0.149. The van der Waals surface area contributed by atoms with Gasteiger partial charge in [0.2, 0.25) is 0 Å². The first-order chi connectivity index (χ1) is 11.5. The summed E-state index contributed by atoms with van der Waals surface area (Å²) < 4.78 is 5.13. The minimum absolute atomic E-state index is 0.0216. The first kappa shape index (κ1) is 18.7. The number of rotatable bonds is 5. The molecule has 2 rings (SSSR count). The van der Waals surface area contributed by atoms with E-state index in [1.807, 2.05) is 13.8 Å². The summed E-state index contributed by atoms with van der Waals surface area (Å²) in [5.41, 5.74) is 1.09. The van der Waals surface area contributed by atoms with Crippen molar-refractivity contribution in [2.45, 2.75) is 47.1 Å².